The van der Waals surface area contributed by atoms with Crippen molar-refractivity contribution in [1.82, 2.24) is 4.98 Å². The van der Waals surface area contributed by atoms with E-state index < -0.39 is 0 Å². The fraction of sp³-hybridized carbons (Fsp3) is 0.640. The topological polar surface area (TPSA) is 12.9 Å². The Morgan fingerprint density at radius 3 is 2.69 bits per heavy atom. The van der Waals surface area contributed by atoms with Crippen LogP contribution in [0.3, 0.4) is 0 Å². The summed E-state index contributed by atoms with van der Waals surface area (Å²) in [5.41, 5.74) is 6.94. The highest BCUT2D eigenvalue weighted by Gasteiger charge is 2.56. The van der Waals surface area contributed by atoms with Gasteiger partial charge in [-0.2, -0.15) is 0 Å². The number of hydrogen-bond donors (Lipinski definition) is 0. The summed E-state index contributed by atoms with van der Waals surface area (Å²) in [6.45, 7) is 7.35. The van der Waals surface area contributed by atoms with E-state index in [1.54, 1.807) is 5.57 Å². The minimum atomic E-state index is 0.354. The molecule has 2 fully saturated rings. The SMILES string of the molecule is Cc1cncc(C2=CCC3C4CC=C5CCCCC5(C)C4CCC23C)c1. The van der Waals surface area contributed by atoms with Gasteiger partial charge in [-0.05, 0) is 103 Å². The van der Waals surface area contributed by atoms with Crippen LogP contribution in [0.5, 0.6) is 0 Å². The minimum Gasteiger partial charge on any atom is -0.264 e. The van der Waals surface area contributed by atoms with Crippen LogP contribution in [0.1, 0.15) is 76.3 Å². The van der Waals surface area contributed by atoms with Crippen molar-refractivity contribution in [2.24, 2.45) is 28.6 Å². The lowest BCUT2D eigenvalue weighted by molar-refractivity contribution is -0.00980. The first-order valence-electron chi connectivity index (χ1n) is 10.8. The molecule has 0 bridgehead atoms. The van der Waals surface area contributed by atoms with Gasteiger partial charge in [0.05, 0.1) is 0 Å². The zero-order chi connectivity index (χ0) is 17.9. The summed E-state index contributed by atoms with van der Waals surface area (Å²) < 4.78 is 0. The highest BCUT2D eigenvalue weighted by molar-refractivity contribution is 5.72. The average molecular weight is 348 g/mol. The van der Waals surface area contributed by atoms with Gasteiger partial charge < -0.3 is 0 Å². The molecule has 138 valence electrons. The molecule has 0 spiro atoms. The Hall–Kier alpha value is -1.37. The van der Waals surface area contributed by atoms with E-state index >= 15 is 0 Å². The predicted octanol–water partition coefficient (Wildman–Crippen LogP) is 6.74. The third kappa shape index (κ3) is 2.25. The molecule has 26 heavy (non-hydrogen) atoms. The fourth-order valence-corrected chi connectivity index (χ4v) is 7.42. The molecule has 0 N–H and O–H groups in total. The van der Waals surface area contributed by atoms with E-state index in [4.69, 9.17) is 0 Å². The number of aromatic nitrogens is 1. The van der Waals surface area contributed by atoms with Gasteiger partial charge in [-0.1, -0.05) is 38.0 Å². The lowest BCUT2D eigenvalue weighted by Crippen LogP contribution is -2.48. The summed E-state index contributed by atoms with van der Waals surface area (Å²) in [7, 11) is 0. The van der Waals surface area contributed by atoms with Crippen molar-refractivity contribution in [3.63, 3.8) is 0 Å². The molecule has 1 heterocycles. The number of nitrogens with zero attached hydrogens (tertiary/aromatic N) is 1. The van der Waals surface area contributed by atoms with Gasteiger partial charge in [-0.25, -0.2) is 0 Å². The van der Waals surface area contributed by atoms with Gasteiger partial charge in [0.15, 0.2) is 0 Å². The second kappa shape index (κ2) is 5.81. The normalized spacial score (nSPS) is 41.6. The van der Waals surface area contributed by atoms with Crippen LogP contribution in [0.2, 0.25) is 0 Å². The monoisotopic (exact) mass is 347 g/mol. The van der Waals surface area contributed by atoms with Crippen LogP contribution in [0.4, 0.5) is 0 Å². The maximum absolute atomic E-state index is 4.49. The zero-order valence-electron chi connectivity index (χ0n) is 16.7. The van der Waals surface area contributed by atoms with E-state index in [0.717, 1.165) is 17.8 Å². The molecule has 0 aliphatic heterocycles. The van der Waals surface area contributed by atoms with Crippen LogP contribution >= 0.6 is 0 Å². The van der Waals surface area contributed by atoms with Gasteiger partial charge in [-0.15, -0.1) is 0 Å². The van der Waals surface area contributed by atoms with Crippen LogP contribution in [0.15, 0.2) is 36.2 Å². The quantitative estimate of drug-likeness (QED) is 0.513. The molecule has 4 aliphatic rings. The average Bonchev–Trinajstić information content (AvgIpc) is 2.98. The van der Waals surface area contributed by atoms with E-state index in [2.05, 4.69) is 50.2 Å². The molecule has 5 rings (SSSR count). The third-order valence-electron chi connectivity index (χ3n) is 8.78. The highest BCUT2D eigenvalue weighted by atomic mass is 14.6. The van der Waals surface area contributed by atoms with Gasteiger partial charge in [-0.3, -0.25) is 4.98 Å². The molecule has 5 atom stereocenters. The molecule has 1 aromatic heterocycles. The lowest BCUT2D eigenvalue weighted by atomic mass is 9.47. The first-order chi connectivity index (χ1) is 12.5. The Morgan fingerprint density at radius 1 is 0.962 bits per heavy atom. The van der Waals surface area contributed by atoms with Crippen molar-refractivity contribution in [3.05, 3.63) is 47.3 Å². The maximum Gasteiger partial charge on any atom is 0.0343 e. The standard InChI is InChI=1S/C25H33N/c1-17-14-18(16-26-15-17)21-9-10-22-20-8-7-19-6-4-5-12-24(19,2)23(20)11-13-25(21,22)3/h7,9,14-16,20,22-23H,4-6,8,10-13H2,1-3H3. The largest absolute Gasteiger partial charge is 0.264 e. The third-order valence-corrected chi connectivity index (χ3v) is 8.78. The fourth-order valence-electron chi connectivity index (χ4n) is 7.42. The van der Waals surface area contributed by atoms with Crippen molar-refractivity contribution in [1.29, 1.82) is 0 Å². The van der Waals surface area contributed by atoms with Crippen molar-refractivity contribution in [3.8, 4) is 0 Å². The van der Waals surface area contributed by atoms with Crippen LogP contribution in [0, 0.1) is 35.5 Å². The molecule has 2 saturated carbocycles. The molecular formula is C25H33N. The summed E-state index contributed by atoms with van der Waals surface area (Å²) in [5.74, 6) is 2.63. The van der Waals surface area contributed by atoms with Crippen molar-refractivity contribution in [2.45, 2.75) is 72.1 Å². The number of hydrogen-bond acceptors (Lipinski definition) is 1. The summed E-state index contributed by atoms with van der Waals surface area (Å²) in [4.78, 5) is 4.49. The van der Waals surface area contributed by atoms with E-state index in [1.807, 2.05) is 11.8 Å². The predicted molar refractivity (Wildman–Crippen MR) is 109 cm³/mol. The molecule has 4 aliphatic carbocycles. The van der Waals surface area contributed by atoms with Gasteiger partial charge in [0.2, 0.25) is 0 Å². The molecular weight excluding hydrogens is 314 g/mol. The van der Waals surface area contributed by atoms with E-state index in [-0.39, 0.29) is 0 Å². The number of fused-ring (bicyclic) bond motifs is 5. The number of pyridine rings is 1. The summed E-state index contributed by atoms with van der Waals surface area (Å²) in [6, 6.07) is 2.35. The van der Waals surface area contributed by atoms with Crippen LogP contribution in [-0.4, -0.2) is 4.98 Å². The van der Waals surface area contributed by atoms with Crippen LogP contribution in [0.25, 0.3) is 5.57 Å². The summed E-state index contributed by atoms with van der Waals surface area (Å²) in [5, 5.41) is 0. The second-order valence-electron chi connectivity index (χ2n) is 10.0. The molecule has 1 nitrogen and oxygen atoms in total. The Labute approximate surface area is 159 Å². The van der Waals surface area contributed by atoms with Crippen LogP contribution in [-0.2, 0) is 0 Å². The molecule has 0 amide bonds. The lowest BCUT2D eigenvalue weighted by Gasteiger charge is -2.57. The van der Waals surface area contributed by atoms with Gasteiger partial charge in [0, 0.05) is 12.4 Å². The number of rotatable bonds is 1. The second-order valence-corrected chi connectivity index (χ2v) is 10.0. The minimum absolute atomic E-state index is 0.354. The Bertz CT molecular complexity index is 787. The molecule has 5 unspecified atom stereocenters. The van der Waals surface area contributed by atoms with Gasteiger partial charge in [0.25, 0.3) is 0 Å². The van der Waals surface area contributed by atoms with Crippen LogP contribution < -0.4 is 0 Å². The number of allylic oxidation sites excluding steroid dienone is 4. The molecule has 0 saturated heterocycles. The Balaban J connectivity index is 1.49. The van der Waals surface area contributed by atoms with E-state index in [1.165, 1.54) is 62.5 Å². The van der Waals surface area contributed by atoms with E-state index in [9.17, 15) is 0 Å². The number of aryl methyl sites for hydroxylation is 1. The smallest absolute Gasteiger partial charge is 0.0343 e. The molecule has 0 radical (unpaired) electrons. The summed E-state index contributed by atoms with van der Waals surface area (Å²) in [6.07, 6.45) is 20.4. The van der Waals surface area contributed by atoms with Crippen molar-refractivity contribution < 1.29 is 0 Å². The Morgan fingerprint density at radius 2 is 1.85 bits per heavy atom. The molecule has 1 aromatic rings. The highest BCUT2D eigenvalue weighted by Crippen LogP contribution is 2.66. The first kappa shape index (κ1) is 16.8. The van der Waals surface area contributed by atoms with E-state index in [0.29, 0.717) is 10.8 Å². The Kier molecular flexibility index (Phi) is 3.75. The van der Waals surface area contributed by atoms with Crippen molar-refractivity contribution >= 4 is 5.57 Å². The molecule has 0 aromatic carbocycles. The van der Waals surface area contributed by atoms with Gasteiger partial charge >= 0.3 is 0 Å². The van der Waals surface area contributed by atoms with Crippen molar-refractivity contribution in [2.75, 3.05) is 0 Å². The maximum atomic E-state index is 4.49. The molecule has 1 heteroatoms. The van der Waals surface area contributed by atoms with Gasteiger partial charge in [0.1, 0.15) is 0 Å². The zero-order valence-corrected chi connectivity index (χ0v) is 16.7. The first-order valence-corrected chi connectivity index (χ1v) is 10.8. The summed E-state index contributed by atoms with van der Waals surface area (Å²) >= 11 is 0.